The van der Waals surface area contributed by atoms with Crippen LogP contribution in [0.2, 0.25) is 0 Å². The van der Waals surface area contributed by atoms with Crippen molar-refractivity contribution >= 4 is 15.9 Å². The molecule has 2 fully saturated rings. The number of alkyl halides is 6. The van der Waals surface area contributed by atoms with Crippen LogP contribution in [0, 0.1) is 0 Å². The van der Waals surface area contributed by atoms with Gasteiger partial charge in [0.25, 0.3) is 5.92 Å². The minimum atomic E-state index is -4.70. The summed E-state index contributed by atoms with van der Waals surface area (Å²) < 4.78 is 82.9. The lowest BCUT2D eigenvalue weighted by Crippen LogP contribution is -2.43. The van der Waals surface area contributed by atoms with Crippen molar-refractivity contribution < 1.29 is 36.2 Å². The minimum absolute atomic E-state index is 0.0568. The van der Waals surface area contributed by atoms with Crippen molar-refractivity contribution in [2.75, 3.05) is 13.2 Å². The second-order valence-electron chi connectivity index (χ2n) is 6.38. The number of ether oxygens (including phenoxy) is 3. The third-order valence-electron chi connectivity index (χ3n) is 4.59. The summed E-state index contributed by atoms with van der Waals surface area (Å²) in [6.45, 7) is 0.326. The molecule has 2 aliphatic carbocycles. The predicted molar refractivity (Wildman–Crippen MR) is 77.7 cm³/mol. The molecule has 4 nitrogen and oxygen atoms in total. The molecule has 3 aliphatic rings. The minimum Gasteiger partial charge on any atom is -0.488 e. The van der Waals surface area contributed by atoms with E-state index >= 15 is 0 Å². The van der Waals surface area contributed by atoms with Gasteiger partial charge in [-0.3, -0.25) is 0 Å². The van der Waals surface area contributed by atoms with Gasteiger partial charge in [0, 0.05) is 35.2 Å². The van der Waals surface area contributed by atoms with E-state index in [1.807, 2.05) is 0 Å². The summed E-state index contributed by atoms with van der Waals surface area (Å²) in [5.74, 6) is -4.27. The number of hydrogen-bond donors (Lipinski definition) is 0. The highest BCUT2D eigenvalue weighted by Crippen LogP contribution is 2.57. The lowest BCUT2D eigenvalue weighted by Gasteiger charge is -2.35. The topological polar surface area (TPSA) is 40.6 Å². The molecule has 0 bridgehead atoms. The lowest BCUT2D eigenvalue weighted by molar-refractivity contribution is -0.177. The Kier molecular flexibility index (Phi) is 3.83. The molecule has 1 atom stereocenters. The maximum absolute atomic E-state index is 13.5. The molecule has 0 aromatic carbocycles. The zero-order valence-corrected chi connectivity index (χ0v) is 14.3. The number of halogens is 6. The summed E-state index contributed by atoms with van der Waals surface area (Å²) in [5.41, 5.74) is -1.11. The van der Waals surface area contributed by atoms with Crippen LogP contribution >= 0.6 is 15.9 Å². The average molecular weight is 430 g/mol. The molecule has 1 unspecified atom stereocenters. The molecule has 1 spiro atoms. The smallest absolute Gasteiger partial charge is 0.433 e. The normalized spacial score (nSPS) is 27.4. The van der Waals surface area contributed by atoms with Crippen LogP contribution in [0.1, 0.15) is 40.9 Å². The summed E-state index contributed by atoms with van der Waals surface area (Å²) in [5, 5.41) is 0. The Morgan fingerprint density at radius 2 is 1.80 bits per heavy atom. The standard InChI is InChI=1S/C15H13BrF5NO3/c16-8-5-14(23-1-2-24-14)11-10(8)9(6-22-12(11)15(19,20)21)25-7-3-13(17,18)4-7/h6-8H,1-5H2. The quantitative estimate of drug-likeness (QED) is 0.518. The van der Waals surface area contributed by atoms with Crippen LogP contribution in [0.25, 0.3) is 0 Å². The van der Waals surface area contributed by atoms with E-state index in [1.165, 1.54) is 0 Å². The molecule has 1 saturated carbocycles. The van der Waals surface area contributed by atoms with Crippen LogP contribution in [0.5, 0.6) is 5.75 Å². The molecule has 138 valence electrons. The van der Waals surface area contributed by atoms with E-state index in [0.29, 0.717) is 0 Å². The fourth-order valence-corrected chi connectivity index (χ4v) is 4.42. The Balaban J connectivity index is 1.77. The highest BCUT2D eigenvalue weighted by atomic mass is 79.9. The van der Waals surface area contributed by atoms with Crippen LogP contribution < -0.4 is 4.74 Å². The first-order valence-corrected chi connectivity index (χ1v) is 8.60. The van der Waals surface area contributed by atoms with Crippen LogP contribution in [0.15, 0.2) is 6.20 Å². The number of nitrogens with zero attached hydrogens (tertiary/aromatic N) is 1. The molecular formula is C15H13BrF5NO3. The molecule has 0 amide bonds. The first-order valence-electron chi connectivity index (χ1n) is 7.68. The number of aromatic nitrogens is 1. The van der Waals surface area contributed by atoms with Gasteiger partial charge >= 0.3 is 6.18 Å². The van der Waals surface area contributed by atoms with E-state index in [4.69, 9.17) is 14.2 Å². The Labute approximate surface area is 147 Å². The van der Waals surface area contributed by atoms with Crippen molar-refractivity contribution in [3.05, 3.63) is 23.0 Å². The second-order valence-corrected chi connectivity index (χ2v) is 7.49. The van der Waals surface area contributed by atoms with Gasteiger partial charge in [-0.1, -0.05) is 15.9 Å². The molecular weight excluding hydrogens is 417 g/mol. The number of pyridine rings is 1. The molecule has 10 heteroatoms. The van der Waals surface area contributed by atoms with E-state index in [0.717, 1.165) is 6.20 Å². The monoisotopic (exact) mass is 429 g/mol. The lowest BCUT2D eigenvalue weighted by atomic mass is 9.91. The predicted octanol–water partition coefficient (Wildman–Crippen LogP) is 4.32. The molecule has 0 radical (unpaired) electrons. The third kappa shape index (κ3) is 2.82. The fourth-order valence-electron chi connectivity index (χ4n) is 3.54. The van der Waals surface area contributed by atoms with Gasteiger partial charge in [0.05, 0.1) is 19.4 Å². The van der Waals surface area contributed by atoms with Crippen molar-refractivity contribution in [2.24, 2.45) is 0 Å². The summed E-state index contributed by atoms with van der Waals surface area (Å²) >= 11 is 3.34. The van der Waals surface area contributed by atoms with Crippen molar-refractivity contribution in [1.29, 1.82) is 0 Å². The van der Waals surface area contributed by atoms with E-state index < -0.39 is 47.4 Å². The van der Waals surface area contributed by atoms with Crippen LogP contribution in [-0.2, 0) is 21.4 Å². The first kappa shape index (κ1) is 17.4. The average Bonchev–Trinajstić information content (AvgIpc) is 3.03. The van der Waals surface area contributed by atoms with Gasteiger partial charge in [-0.05, 0) is 0 Å². The van der Waals surface area contributed by atoms with Crippen LogP contribution in [-0.4, -0.2) is 30.2 Å². The van der Waals surface area contributed by atoms with Gasteiger partial charge in [0.2, 0.25) is 0 Å². The molecule has 2 heterocycles. The van der Waals surface area contributed by atoms with E-state index in [1.54, 1.807) is 0 Å². The van der Waals surface area contributed by atoms with Crippen LogP contribution in [0.3, 0.4) is 0 Å². The van der Waals surface area contributed by atoms with Crippen LogP contribution in [0.4, 0.5) is 22.0 Å². The highest BCUT2D eigenvalue weighted by molar-refractivity contribution is 9.09. The molecule has 1 aromatic rings. The largest absolute Gasteiger partial charge is 0.488 e. The van der Waals surface area contributed by atoms with Gasteiger partial charge in [0.1, 0.15) is 11.9 Å². The van der Waals surface area contributed by atoms with E-state index in [2.05, 4.69) is 20.9 Å². The SMILES string of the molecule is FC1(F)CC(Oc2cnc(C(F)(F)F)c3c2C(Br)CC32OCCO2)C1. The van der Waals surface area contributed by atoms with Gasteiger partial charge in [0.15, 0.2) is 11.5 Å². The zero-order valence-electron chi connectivity index (χ0n) is 12.7. The first-order chi connectivity index (χ1) is 11.6. The Bertz CT molecular complexity index is 697. The maximum Gasteiger partial charge on any atom is 0.433 e. The molecule has 25 heavy (non-hydrogen) atoms. The second kappa shape index (κ2) is 5.50. The number of hydrogen-bond acceptors (Lipinski definition) is 4. The van der Waals surface area contributed by atoms with E-state index in [-0.39, 0.29) is 36.5 Å². The Morgan fingerprint density at radius 3 is 2.36 bits per heavy atom. The summed E-state index contributed by atoms with van der Waals surface area (Å²) in [4.78, 5) is 2.98. The third-order valence-corrected chi connectivity index (χ3v) is 5.37. The van der Waals surface area contributed by atoms with Crippen molar-refractivity contribution in [2.45, 2.75) is 48.1 Å². The summed E-state index contributed by atoms with van der Waals surface area (Å²) in [6.07, 6.45) is -5.32. The van der Waals surface area contributed by atoms with Gasteiger partial charge < -0.3 is 14.2 Å². The molecule has 1 aromatic heterocycles. The fraction of sp³-hybridized carbons (Fsp3) is 0.667. The van der Waals surface area contributed by atoms with E-state index in [9.17, 15) is 22.0 Å². The molecule has 0 N–H and O–H groups in total. The maximum atomic E-state index is 13.5. The summed E-state index contributed by atoms with van der Waals surface area (Å²) in [7, 11) is 0. The molecule has 1 saturated heterocycles. The number of rotatable bonds is 2. The Morgan fingerprint density at radius 1 is 1.16 bits per heavy atom. The van der Waals surface area contributed by atoms with Crippen molar-refractivity contribution in [1.82, 2.24) is 4.98 Å². The highest BCUT2D eigenvalue weighted by Gasteiger charge is 2.56. The van der Waals surface area contributed by atoms with Gasteiger partial charge in [-0.25, -0.2) is 13.8 Å². The molecule has 1 aliphatic heterocycles. The van der Waals surface area contributed by atoms with Crippen molar-refractivity contribution in [3.8, 4) is 5.75 Å². The summed E-state index contributed by atoms with van der Waals surface area (Å²) in [6, 6.07) is 0. The Hall–Kier alpha value is -1.00. The number of fused-ring (bicyclic) bond motifs is 2. The molecule has 4 rings (SSSR count). The zero-order chi connectivity index (χ0) is 18.0. The van der Waals surface area contributed by atoms with Crippen molar-refractivity contribution in [3.63, 3.8) is 0 Å². The van der Waals surface area contributed by atoms with Gasteiger partial charge in [-0.2, -0.15) is 13.2 Å². The van der Waals surface area contributed by atoms with Gasteiger partial charge in [-0.15, -0.1) is 0 Å².